The van der Waals surface area contributed by atoms with Gasteiger partial charge in [-0.05, 0) is 24.6 Å². The highest BCUT2D eigenvalue weighted by atomic mass is 32.2. The topological polar surface area (TPSA) is 61.2 Å². The summed E-state index contributed by atoms with van der Waals surface area (Å²) in [7, 11) is 1.35. The zero-order valence-corrected chi connectivity index (χ0v) is 14.8. The highest BCUT2D eigenvalue weighted by Gasteiger charge is 2.19. The van der Waals surface area contributed by atoms with Gasteiger partial charge in [0.15, 0.2) is 5.16 Å². The number of fused-ring (bicyclic) bond motifs is 1. The van der Waals surface area contributed by atoms with Crippen molar-refractivity contribution in [3.63, 3.8) is 0 Å². The first kappa shape index (κ1) is 17.2. The molecule has 1 heterocycles. The number of aromatic nitrogens is 2. The lowest BCUT2D eigenvalue weighted by Crippen LogP contribution is -2.25. The van der Waals surface area contributed by atoms with Crippen LogP contribution in [0, 0.1) is 0 Å². The highest BCUT2D eigenvalue weighted by Crippen LogP contribution is 2.23. The van der Waals surface area contributed by atoms with Crippen LogP contribution in [0.15, 0.2) is 64.5 Å². The molecule has 3 rings (SSSR count). The maximum atomic E-state index is 13.0. The molecule has 5 nitrogen and oxygen atoms in total. The third-order valence-corrected chi connectivity index (χ3v) is 4.89. The van der Waals surface area contributed by atoms with Crippen LogP contribution in [0.1, 0.15) is 12.5 Å². The summed E-state index contributed by atoms with van der Waals surface area (Å²) in [6, 6.07) is 16.9. The number of para-hydroxylation sites is 1. The van der Waals surface area contributed by atoms with E-state index in [0.29, 0.717) is 22.6 Å². The number of carbonyl (C=O) groups is 1. The van der Waals surface area contributed by atoms with Crippen molar-refractivity contribution in [1.82, 2.24) is 9.55 Å². The second kappa shape index (κ2) is 7.53. The second-order valence-electron chi connectivity index (χ2n) is 5.57. The molecule has 2 aromatic carbocycles. The van der Waals surface area contributed by atoms with Gasteiger partial charge in [-0.15, -0.1) is 0 Å². The predicted octanol–water partition coefficient (Wildman–Crippen LogP) is 3.10. The lowest BCUT2D eigenvalue weighted by molar-refractivity contribution is -0.139. The molecule has 1 atom stereocenters. The molecule has 0 bridgehead atoms. The molecule has 0 aliphatic carbocycles. The molecule has 0 saturated carbocycles. The molecule has 1 aromatic heterocycles. The molecular weight excluding hydrogens is 336 g/mol. The number of rotatable bonds is 5. The average molecular weight is 354 g/mol. The molecule has 0 aliphatic heterocycles. The maximum Gasteiger partial charge on any atom is 0.318 e. The van der Waals surface area contributed by atoms with Crippen LogP contribution in [-0.4, -0.2) is 27.9 Å². The molecule has 0 N–H and O–H groups in total. The second-order valence-corrected chi connectivity index (χ2v) is 6.88. The highest BCUT2D eigenvalue weighted by molar-refractivity contribution is 8.00. The SMILES string of the molecule is COC(=O)[C@H](C)Sc1nc2ccccc2c(=O)n1Cc1ccccc1. The van der Waals surface area contributed by atoms with Crippen molar-refractivity contribution in [2.75, 3.05) is 7.11 Å². The maximum absolute atomic E-state index is 13.0. The Morgan fingerprint density at radius 2 is 1.84 bits per heavy atom. The van der Waals surface area contributed by atoms with Gasteiger partial charge < -0.3 is 4.74 Å². The molecule has 0 saturated heterocycles. The molecule has 0 radical (unpaired) electrons. The Bertz CT molecular complexity index is 954. The molecule has 3 aromatic rings. The van der Waals surface area contributed by atoms with E-state index in [1.807, 2.05) is 42.5 Å². The van der Waals surface area contributed by atoms with Crippen LogP contribution in [0.3, 0.4) is 0 Å². The molecule has 128 valence electrons. The summed E-state index contributed by atoms with van der Waals surface area (Å²) in [5.74, 6) is -0.348. The predicted molar refractivity (Wildman–Crippen MR) is 98.9 cm³/mol. The van der Waals surface area contributed by atoms with Crippen molar-refractivity contribution in [2.45, 2.75) is 23.9 Å². The summed E-state index contributed by atoms with van der Waals surface area (Å²) >= 11 is 1.23. The van der Waals surface area contributed by atoms with Gasteiger partial charge in [-0.3, -0.25) is 14.2 Å². The first-order chi connectivity index (χ1) is 12.1. The van der Waals surface area contributed by atoms with Crippen LogP contribution in [0.25, 0.3) is 10.9 Å². The van der Waals surface area contributed by atoms with E-state index in [0.717, 1.165) is 5.56 Å². The van der Waals surface area contributed by atoms with Crippen molar-refractivity contribution in [1.29, 1.82) is 0 Å². The fourth-order valence-electron chi connectivity index (χ4n) is 2.52. The number of thioether (sulfide) groups is 1. The lowest BCUT2D eigenvalue weighted by Gasteiger charge is -2.15. The summed E-state index contributed by atoms with van der Waals surface area (Å²) in [4.78, 5) is 29.4. The average Bonchev–Trinajstić information content (AvgIpc) is 2.65. The van der Waals surface area contributed by atoms with Gasteiger partial charge in [0.2, 0.25) is 0 Å². The molecule has 0 amide bonds. The Hall–Kier alpha value is -2.60. The first-order valence-electron chi connectivity index (χ1n) is 7.88. The Labute approximate surface area is 149 Å². The van der Waals surface area contributed by atoms with Crippen molar-refractivity contribution in [2.24, 2.45) is 0 Å². The van der Waals surface area contributed by atoms with Crippen molar-refractivity contribution >= 4 is 28.6 Å². The zero-order chi connectivity index (χ0) is 17.8. The normalized spacial score (nSPS) is 12.1. The van der Waals surface area contributed by atoms with Gasteiger partial charge in [0.25, 0.3) is 5.56 Å². The number of ether oxygens (including phenoxy) is 1. The van der Waals surface area contributed by atoms with Crippen molar-refractivity contribution in [3.05, 3.63) is 70.5 Å². The molecule has 0 spiro atoms. The van der Waals surface area contributed by atoms with Crippen molar-refractivity contribution in [3.8, 4) is 0 Å². The first-order valence-corrected chi connectivity index (χ1v) is 8.76. The molecular formula is C19H18N2O3S. The monoisotopic (exact) mass is 354 g/mol. The van der Waals surface area contributed by atoms with Gasteiger partial charge in [0.1, 0.15) is 5.25 Å². The fraction of sp³-hybridized carbons (Fsp3) is 0.211. The number of methoxy groups -OCH3 is 1. The van der Waals surface area contributed by atoms with E-state index in [1.54, 1.807) is 23.6 Å². The number of carbonyl (C=O) groups excluding carboxylic acids is 1. The van der Waals surface area contributed by atoms with Crippen LogP contribution in [0.2, 0.25) is 0 Å². The summed E-state index contributed by atoms with van der Waals surface area (Å²) < 4.78 is 6.40. The summed E-state index contributed by atoms with van der Waals surface area (Å²) in [6.45, 7) is 2.14. The largest absolute Gasteiger partial charge is 0.468 e. The van der Waals surface area contributed by atoms with Gasteiger partial charge in [0, 0.05) is 0 Å². The minimum atomic E-state index is -0.458. The van der Waals surface area contributed by atoms with E-state index in [1.165, 1.54) is 18.9 Å². The Kier molecular flexibility index (Phi) is 5.19. The Morgan fingerprint density at radius 3 is 2.56 bits per heavy atom. The molecule has 0 fully saturated rings. The van der Waals surface area contributed by atoms with Crippen LogP contribution >= 0.6 is 11.8 Å². The van der Waals surface area contributed by atoms with E-state index in [-0.39, 0.29) is 11.5 Å². The Morgan fingerprint density at radius 1 is 1.16 bits per heavy atom. The van der Waals surface area contributed by atoms with E-state index in [4.69, 9.17) is 4.74 Å². The third-order valence-electron chi connectivity index (χ3n) is 3.83. The minimum absolute atomic E-state index is 0.117. The van der Waals surface area contributed by atoms with E-state index >= 15 is 0 Å². The van der Waals surface area contributed by atoms with Crippen LogP contribution in [0.5, 0.6) is 0 Å². The van der Waals surface area contributed by atoms with Gasteiger partial charge in [-0.25, -0.2) is 4.98 Å². The van der Waals surface area contributed by atoms with Gasteiger partial charge in [-0.1, -0.05) is 54.2 Å². The molecule has 6 heteroatoms. The molecule has 25 heavy (non-hydrogen) atoms. The number of esters is 1. The van der Waals surface area contributed by atoms with Crippen LogP contribution in [0.4, 0.5) is 0 Å². The van der Waals surface area contributed by atoms with Crippen molar-refractivity contribution < 1.29 is 9.53 Å². The van der Waals surface area contributed by atoms with E-state index < -0.39 is 5.25 Å². The van der Waals surface area contributed by atoms with Gasteiger partial charge in [0.05, 0.1) is 24.6 Å². The number of nitrogens with zero attached hydrogens (tertiary/aromatic N) is 2. The molecule has 0 unspecified atom stereocenters. The quantitative estimate of drug-likeness (QED) is 0.400. The summed E-state index contributed by atoms with van der Waals surface area (Å²) in [5.41, 5.74) is 1.50. The fourth-order valence-corrected chi connectivity index (χ4v) is 3.45. The summed E-state index contributed by atoms with van der Waals surface area (Å²) in [5, 5.41) is 0.610. The standard InChI is InChI=1S/C19H18N2O3S/c1-13(18(23)24-2)25-19-20-16-11-7-6-10-15(16)17(22)21(19)12-14-8-4-3-5-9-14/h3-11,13H,12H2,1-2H3/t13-/m0/s1. The van der Waals surface area contributed by atoms with E-state index in [2.05, 4.69) is 4.98 Å². The summed E-state index contributed by atoms with van der Waals surface area (Å²) in [6.07, 6.45) is 0. The van der Waals surface area contributed by atoms with Gasteiger partial charge in [-0.2, -0.15) is 0 Å². The van der Waals surface area contributed by atoms with Crippen LogP contribution in [-0.2, 0) is 16.1 Å². The zero-order valence-electron chi connectivity index (χ0n) is 14.0. The lowest BCUT2D eigenvalue weighted by atomic mass is 10.2. The minimum Gasteiger partial charge on any atom is -0.468 e. The van der Waals surface area contributed by atoms with Gasteiger partial charge >= 0.3 is 5.97 Å². The molecule has 0 aliphatic rings. The smallest absolute Gasteiger partial charge is 0.318 e. The van der Waals surface area contributed by atoms with Crippen LogP contribution < -0.4 is 5.56 Å². The number of hydrogen-bond acceptors (Lipinski definition) is 5. The Balaban J connectivity index is 2.10. The van der Waals surface area contributed by atoms with E-state index in [9.17, 15) is 9.59 Å². The number of hydrogen-bond donors (Lipinski definition) is 0. The third kappa shape index (κ3) is 3.74. The number of benzene rings is 2.